The van der Waals surface area contributed by atoms with Crippen molar-refractivity contribution in [2.24, 2.45) is 0 Å². The van der Waals surface area contributed by atoms with E-state index in [0.717, 1.165) is 41.9 Å². The number of hydrogen-bond acceptors (Lipinski definition) is 6. The second kappa shape index (κ2) is 16.7. The van der Waals surface area contributed by atoms with Crippen molar-refractivity contribution >= 4 is 29.3 Å². The molecule has 45 heavy (non-hydrogen) atoms. The van der Waals surface area contributed by atoms with Gasteiger partial charge in [-0.15, -0.1) is 0 Å². The number of amides is 1. The van der Waals surface area contributed by atoms with Crippen LogP contribution in [0.25, 0.3) is 11.1 Å². The first-order chi connectivity index (χ1) is 21.7. The number of carbonyl (C=O) groups excluding carboxylic acids is 1. The van der Waals surface area contributed by atoms with E-state index >= 15 is 0 Å². The van der Waals surface area contributed by atoms with Crippen LogP contribution in [0, 0.1) is 5.82 Å². The fourth-order valence-electron chi connectivity index (χ4n) is 5.07. The molecule has 3 aromatic carbocycles. The molecular weight excluding hydrogens is 609 g/mol. The molecule has 1 N–H and O–H groups in total. The molecule has 0 saturated carbocycles. The van der Waals surface area contributed by atoms with Gasteiger partial charge in [-0.3, -0.25) is 9.59 Å². The molecule has 10 heteroatoms. The number of benzene rings is 3. The zero-order valence-corrected chi connectivity index (χ0v) is 27.9. The van der Waals surface area contributed by atoms with E-state index in [1.165, 1.54) is 23.9 Å². The van der Waals surface area contributed by atoms with E-state index in [-0.39, 0.29) is 23.7 Å². The molecule has 0 unspecified atom stereocenters. The SMILES string of the molecule is CCN(CC)CCN(Cc1ccccc1-c1ccc(Cl)cc1)C(=O)Cc1nc(SCc2ccc(F)cc2)[nH]c(=O)c1CN(C)C. The highest BCUT2D eigenvalue weighted by atomic mass is 35.5. The minimum atomic E-state index is -0.301. The number of nitrogens with zero attached hydrogens (tertiary/aromatic N) is 4. The van der Waals surface area contributed by atoms with E-state index in [4.69, 9.17) is 16.6 Å². The van der Waals surface area contributed by atoms with Gasteiger partial charge in [-0.05, 0) is 73.7 Å². The number of aromatic nitrogens is 2. The third kappa shape index (κ3) is 9.99. The van der Waals surface area contributed by atoms with E-state index in [0.29, 0.717) is 46.8 Å². The Morgan fingerprint density at radius 1 is 0.933 bits per heavy atom. The van der Waals surface area contributed by atoms with Gasteiger partial charge in [0.1, 0.15) is 5.82 Å². The first-order valence-electron chi connectivity index (χ1n) is 15.1. The Kier molecular flexibility index (Phi) is 12.8. The largest absolute Gasteiger partial charge is 0.337 e. The number of thioether (sulfide) groups is 1. The van der Waals surface area contributed by atoms with Crippen molar-refractivity contribution in [1.29, 1.82) is 0 Å². The number of nitrogens with one attached hydrogen (secondary N) is 1. The van der Waals surface area contributed by atoms with Gasteiger partial charge in [0.05, 0.1) is 17.7 Å². The normalized spacial score (nSPS) is 11.4. The Bertz CT molecular complexity index is 1610. The van der Waals surface area contributed by atoms with Crippen LogP contribution in [0.4, 0.5) is 4.39 Å². The highest BCUT2D eigenvalue weighted by Crippen LogP contribution is 2.27. The van der Waals surface area contributed by atoms with Gasteiger partial charge in [-0.1, -0.05) is 85.7 Å². The summed E-state index contributed by atoms with van der Waals surface area (Å²) in [6.45, 7) is 8.04. The summed E-state index contributed by atoms with van der Waals surface area (Å²) in [5.41, 5.74) is 4.68. The molecule has 1 aromatic heterocycles. The number of aromatic amines is 1. The summed E-state index contributed by atoms with van der Waals surface area (Å²) >= 11 is 7.51. The number of carbonyl (C=O) groups is 1. The van der Waals surface area contributed by atoms with Gasteiger partial charge in [0.2, 0.25) is 5.91 Å². The molecule has 0 bridgehead atoms. The van der Waals surface area contributed by atoms with Gasteiger partial charge >= 0.3 is 0 Å². The van der Waals surface area contributed by atoms with Crippen molar-refractivity contribution in [3.8, 4) is 11.1 Å². The molecular formula is C35H41ClFN5O2S. The maximum Gasteiger partial charge on any atom is 0.256 e. The molecule has 0 atom stereocenters. The molecule has 0 saturated heterocycles. The molecule has 238 valence electrons. The molecule has 0 aliphatic rings. The highest BCUT2D eigenvalue weighted by Gasteiger charge is 2.22. The molecule has 0 aliphatic carbocycles. The average molecular weight is 650 g/mol. The van der Waals surface area contributed by atoms with Crippen molar-refractivity contribution in [3.05, 3.63) is 116 Å². The van der Waals surface area contributed by atoms with Gasteiger partial charge in [-0.2, -0.15) is 0 Å². The Labute approximate surface area is 274 Å². The predicted molar refractivity (Wildman–Crippen MR) is 182 cm³/mol. The number of rotatable bonds is 15. The number of halogens is 2. The number of hydrogen-bond donors (Lipinski definition) is 1. The van der Waals surface area contributed by atoms with Crippen molar-refractivity contribution < 1.29 is 9.18 Å². The summed E-state index contributed by atoms with van der Waals surface area (Å²) in [5, 5.41) is 1.10. The summed E-state index contributed by atoms with van der Waals surface area (Å²) in [5.74, 6) is 0.104. The van der Waals surface area contributed by atoms with Crippen LogP contribution in [0.1, 0.15) is 36.2 Å². The fraction of sp³-hybridized carbons (Fsp3) is 0.343. The third-order valence-electron chi connectivity index (χ3n) is 7.63. The maximum absolute atomic E-state index is 14.2. The maximum atomic E-state index is 14.2. The van der Waals surface area contributed by atoms with Crippen LogP contribution in [0.2, 0.25) is 5.02 Å². The molecule has 0 aliphatic heterocycles. The molecule has 7 nitrogen and oxygen atoms in total. The lowest BCUT2D eigenvalue weighted by Crippen LogP contribution is -2.39. The smallest absolute Gasteiger partial charge is 0.256 e. The molecule has 0 radical (unpaired) electrons. The van der Waals surface area contributed by atoms with E-state index in [9.17, 15) is 14.0 Å². The first-order valence-corrected chi connectivity index (χ1v) is 16.5. The van der Waals surface area contributed by atoms with Gasteiger partial charge in [0.15, 0.2) is 5.16 Å². The highest BCUT2D eigenvalue weighted by molar-refractivity contribution is 7.98. The van der Waals surface area contributed by atoms with Crippen molar-refractivity contribution in [1.82, 2.24) is 24.7 Å². The molecule has 4 aromatic rings. The lowest BCUT2D eigenvalue weighted by molar-refractivity contribution is -0.131. The summed E-state index contributed by atoms with van der Waals surface area (Å²) < 4.78 is 13.4. The zero-order valence-electron chi connectivity index (χ0n) is 26.4. The van der Waals surface area contributed by atoms with E-state index in [1.54, 1.807) is 12.1 Å². The van der Waals surface area contributed by atoms with Crippen LogP contribution < -0.4 is 5.56 Å². The van der Waals surface area contributed by atoms with Crippen molar-refractivity contribution in [2.45, 2.75) is 44.3 Å². The van der Waals surface area contributed by atoms with Crippen molar-refractivity contribution in [3.63, 3.8) is 0 Å². The van der Waals surface area contributed by atoms with Gasteiger partial charge < -0.3 is 19.7 Å². The molecule has 0 fully saturated rings. The quantitative estimate of drug-likeness (QED) is 0.117. The molecule has 4 rings (SSSR count). The van der Waals surface area contributed by atoms with Crippen LogP contribution >= 0.6 is 23.4 Å². The molecule has 1 amide bonds. The number of likely N-dealkylation sites (N-methyl/N-ethyl adjacent to an activating group) is 1. The van der Waals surface area contributed by atoms with E-state index in [2.05, 4.69) is 35.9 Å². The standard InChI is InChI=1S/C35H41ClFN5O2S/c1-5-41(6-2)19-20-42(22-27-9-7-8-10-30(27)26-13-15-28(36)16-14-26)33(43)21-32-31(23-40(3)4)34(44)39-35(38-32)45-24-25-11-17-29(37)18-12-25/h7-18H,5-6,19-24H2,1-4H3,(H,38,39,44). The Morgan fingerprint density at radius 2 is 1.62 bits per heavy atom. The lowest BCUT2D eigenvalue weighted by Gasteiger charge is -2.28. The topological polar surface area (TPSA) is 72.5 Å². The van der Waals surface area contributed by atoms with Gasteiger partial charge in [0, 0.05) is 37.0 Å². The minimum Gasteiger partial charge on any atom is -0.337 e. The van der Waals surface area contributed by atoms with E-state index < -0.39 is 0 Å². The molecule has 1 heterocycles. The summed E-state index contributed by atoms with van der Waals surface area (Å²) in [7, 11) is 3.76. The Morgan fingerprint density at radius 3 is 2.29 bits per heavy atom. The van der Waals surface area contributed by atoms with Crippen molar-refractivity contribution in [2.75, 3.05) is 40.3 Å². The third-order valence-corrected chi connectivity index (χ3v) is 8.82. The Hall–Kier alpha value is -3.50. The van der Waals surface area contributed by atoms with E-state index in [1.807, 2.05) is 60.3 Å². The van der Waals surface area contributed by atoms with Gasteiger partial charge in [-0.25, -0.2) is 9.37 Å². The summed E-state index contributed by atoms with van der Waals surface area (Å²) in [4.78, 5) is 41.2. The summed E-state index contributed by atoms with van der Waals surface area (Å²) in [6, 6.07) is 22.0. The zero-order chi connectivity index (χ0) is 32.3. The second-order valence-corrected chi connectivity index (χ2v) is 12.5. The summed E-state index contributed by atoms with van der Waals surface area (Å²) in [6.07, 6.45) is -0.00143. The van der Waals surface area contributed by atoms with Crippen LogP contribution in [0.15, 0.2) is 82.7 Å². The first kappa shape index (κ1) is 34.4. The predicted octanol–water partition coefficient (Wildman–Crippen LogP) is 6.50. The minimum absolute atomic E-state index is 0.00143. The van der Waals surface area contributed by atoms with Gasteiger partial charge in [0.25, 0.3) is 5.56 Å². The lowest BCUT2D eigenvalue weighted by atomic mass is 9.99. The van der Waals surface area contributed by atoms with Crippen LogP contribution in [-0.2, 0) is 30.1 Å². The van der Waals surface area contributed by atoms with Crippen LogP contribution in [0.5, 0.6) is 0 Å². The second-order valence-electron chi connectivity index (χ2n) is 11.1. The fourth-order valence-corrected chi connectivity index (χ4v) is 6.03. The number of H-pyrrole nitrogens is 1. The average Bonchev–Trinajstić information content (AvgIpc) is 3.02. The molecule has 0 spiro atoms. The van der Waals surface area contributed by atoms with Crippen LogP contribution in [0.3, 0.4) is 0 Å². The monoisotopic (exact) mass is 649 g/mol. The van der Waals surface area contributed by atoms with Crippen LogP contribution in [-0.4, -0.2) is 70.8 Å². The Balaban J connectivity index is 1.64.